The zero-order valence-corrected chi connectivity index (χ0v) is 7.40. The third-order valence-electron chi connectivity index (χ3n) is 2.26. The summed E-state index contributed by atoms with van der Waals surface area (Å²) in [5.74, 6) is 0.508. The van der Waals surface area contributed by atoms with Crippen molar-refractivity contribution in [2.24, 2.45) is 0 Å². The highest BCUT2D eigenvalue weighted by molar-refractivity contribution is 7.16. The highest BCUT2D eigenvalue weighted by atomic mass is 32.1. The van der Waals surface area contributed by atoms with Crippen molar-refractivity contribution in [2.45, 2.75) is 25.2 Å². The van der Waals surface area contributed by atoms with E-state index in [1.165, 1.54) is 17.8 Å². The van der Waals surface area contributed by atoms with E-state index in [9.17, 15) is 0 Å². The Morgan fingerprint density at radius 1 is 1.58 bits per heavy atom. The lowest BCUT2D eigenvalue weighted by molar-refractivity contribution is 0.412. The van der Waals surface area contributed by atoms with Crippen LogP contribution in [0, 0.1) is 11.3 Å². The van der Waals surface area contributed by atoms with Gasteiger partial charge >= 0.3 is 0 Å². The van der Waals surface area contributed by atoms with Crippen LogP contribution >= 0.6 is 11.3 Å². The summed E-state index contributed by atoms with van der Waals surface area (Å²) in [4.78, 5) is 4.88. The largest absolute Gasteiger partial charge is 0.375 e. The molecule has 0 aromatic carbocycles. The van der Waals surface area contributed by atoms with E-state index >= 15 is 0 Å². The van der Waals surface area contributed by atoms with Crippen LogP contribution in [0.2, 0.25) is 0 Å². The summed E-state index contributed by atoms with van der Waals surface area (Å²) in [5, 5.41) is 9.29. The van der Waals surface area contributed by atoms with Gasteiger partial charge in [0.1, 0.15) is 10.9 Å². The van der Waals surface area contributed by atoms with Crippen LogP contribution in [0.25, 0.3) is 0 Å². The van der Waals surface area contributed by atoms with Crippen LogP contribution in [0.4, 0.5) is 5.13 Å². The maximum absolute atomic E-state index is 8.77. The first-order valence-electron chi connectivity index (χ1n) is 3.97. The van der Waals surface area contributed by atoms with Gasteiger partial charge in [0.15, 0.2) is 5.13 Å². The Balaban J connectivity index is 2.35. The lowest BCUT2D eigenvalue weighted by Crippen LogP contribution is -2.10. The van der Waals surface area contributed by atoms with E-state index in [2.05, 4.69) is 11.1 Å². The van der Waals surface area contributed by atoms with Gasteiger partial charge in [-0.1, -0.05) is 17.8 Å². The van der Waals surface area contributed by atoms with Crippen LogP contribution in [-0.4, -0.2) is 4.98 Å². The van der Waals surface area contributed by atoms with E-state index in [1.54, 1.807) is 0 Å². The summed E-state index contributed by atoms with van der Waals surface area (Å²) < 4.78 is 0. The summed E-state index contributed by atoms with van der Waals surface area (Å²) in [6.07, 6.45) is 3.59. The Morgan fingerprint density at radius 2 is 2.33 bits per heavy atom. The van der Waals surface area contributed by atoms with Crippen molar-refractivity contribution < 1.29 is 0 Å². The van der Waals surface area contributed by atoms with E-state index in [4.69, 9.17) is 11.0 Å². The molecule has 0 spiro atoms. The average molecular weight is 179 g/mol. The van der Waals surface area contributed by atoms with Crippen molar-refractivity contribution >= 4 is 16.5 Å². The molecule has 1 aromatic rings. The van der Waals surface area contributed by atoms with Gasteiger partial charge in [0.05, 0.1) is 5.69 Å². The number of anilines is 1. The van der Waals surface area contributed by atoms with E-state index in [0.29, 0.717) is 15.9 Å². The number of rotatable bonds is 1. The molecule has 1 heterocycles. The minimum absolute atomic E-state index is 0.508. The van der Waals surface area contributed by atoms with Crippen molar-refractivity contribution in [3.8, 4) is 6.07 Å². The Morgan fingerprint density at radius 3 is 2.83 bits per heavy atom. The second kappa shape index (κ2) is 2.76. The maximum atomic E-state index is 8.77. The fourth-order valence-electron chi connectivity index (χ4n) is 1.39. The molecule has 1 saturated carbocycles. The normalized spacial score (nSPS) is 16.9. The molecule has 2 N–H and O–H groups in total. The van der Waals surface area contributed by atoms with Gasteiger partial charge in [-0.2, -0.15) is 5.26 Å². The van der Waals surface area contributed by atoms with Crippen LogP contribution in [-0.2, 0) is 0 Å². The van der Waals surface area contributed by atoms with Crippen molar-refractivity contribution in [2.75, 3.05) is 5.73 Å². The van der Waals surface area contributed by atoms with Gasteiger partial charge in [0, 0.05) is 5.92 Å². The first-order chi connectivity index (χ1) is 5.81. The number of thiazole rings is 1. The van der Waals surface area contributed by atoms with Crippen molar-refractivity contribution in [3.63, 3.8) is 0 Å². The predicted octanol–water partition coefficient (Wildman–Crippen LogP) is 1.86. The number of aromatic nitrogens is 1. The molecule has 2 rings (SSSR count). The Kier molecular flexibility index (Phi) is 1.74. The summed E-state index contributed by atoms with van der Waals surface area (Å²) in [5.41, 5.74) is 6.46. The summed E-state index contributed by atoms with van der Waals surface area (Å²) in [6, 6.07) is 2.14. The molecule has 3 nitrogen and oxygen atoms in total. The average Bonchev–Trinajstić information content (AvgIpc) is 2.27. The molecule has 1 aromatic heterocycles. The van der Waals surface area contributed by atoms with Crippen molar-refractivity contribution in [1.82, 2.24) is 4.98 Å². The third-order valence-corrected chi connectivity index (χ3v) is 3.07. The van der Waals surface area contributed by atoms with Gasteiger partial charge in [-0.05, 0) is 12.8 Å². The lowest BCUT2D eigenvalue weighted by atomic mass is 9.82. The molecule has 62 valence electrons. The first-order valence-corrected chi connectivity index (χ1v) is 4.79. The molecular weight excluding hydrogens is 170 g/mol. The number of hydrogen-bond acceptors (Lipinski definition) is 4. The molecule has 0 amide bonds. The zero-order chi connectivity index (χ0) is 8.55. The van der Waals surface area contributed by atoms with Crippen molar-refractivity contribution in [3.05, 3.63) is 10.6 Å². The first kappa shape index (κ1) is 7.56. The standard InChI is InChI=1S/C8H9N3S/c9-4-6-7(5-2-1-3-5)11-8(10)12-6/h5H,1-3H2,(H2,10,11). The minimum atomic E-state index is 0.508. The van der Waals surface area contributed by atoms with Gasteiger partial charge in [0.25, 0.3) is 0 Å². The molecule has 4 heteroatoms. The van der Waals surface area contributed by atoms with Crippen molar-refractivity contribution in [1.29, 1.82) is 5.26 Å². The van der Waals surface area contributed by atoms with E-state index in [1.807, 2.05) is 0 Å². The van der Waals surface area contributed by atoms with Gasteiger partial charge in [-0.25, -0.2) is 4.98 Å². The number of nitriles is 1. The minimum Gasteiger partial charge on any atom is -0.375 e. The topological polar surface area (TPSA) is 62.7 Å². The molecule has 1 fully saturated rings. The van der Waals surface area contributed by atoms with Crippen LogP contribution < -0.4 is 5.73 Å². The van der Waals surface area contributed by atoms with E-state index in [-0.39, 0.29) is 0 Å². The SMILES string of the molecule is N#Cc1sc(N)nc1C1CCC1. The molecule has 0 saturated heterocycles. The molecule has 0 aliphatic heterocycles. The van der Waals surface area contributed by atoms with Gasteiger partial charge in [0.2, 0.25) is 0 Å². The number of nitrogen functional groups attached to an aromatic ring is 1. The molecule has 0 unspecified atom stereocenters. The molecular formula is C8H9N3S. The van der Waals surface area contributed by atoms with Crippen LogP contribution in [0.15, 0.2) is 0 Å². The third kappa shape index (κ3) is 1.07. The molecule has 1 aliphatic rings. The highest BCUT2D eigenvalue weighted by Crippen LogP contribution is 2.39. The van der Waals surface area contributed by atoms with E-state index in [0.717, 1.165) is 18.5 Å². The molecule has 0 bridgehead atoms. The summed E-state index contributed by atoms with van der Waals surface area (Å²) >= 11 is 1.30. The molecule has 0 atom stereocenters. The molecule has 12 heavy (non-hydrogen) atoms. The zero-order valence-electron chi connectivity index (χ0n) is 6.58. The van der Waals surface area contributed by atoms with Gasteiger partial charge in [-0.15, -0.1) is 0 Å². The second-order valence-corrected chi connectivity index (χ2v) is 4.04. The maximum Gasteiger partial charge on any atom is 0.181 e. The smallest absolute Gasteiger partial charge is 0.181 e. The molecule has 1 aliphatic carbocycles. The fraction of sp³-hybridized carbons (Fsp3) is 0.500. The molecule has 0 radical (unpaired) electrons. The number of nitrogens with two attached hydrogens (primary N) is 1. The second-order valence-electron chi connectivity index (χ2n) is 3.01. The van der Waals surface area contributed by atoms with Gasteiger partial charge < -0.3 is 5.73 Å². The highest BCUT2D eigenvalue weighted by Gasteiger charge is 2.25. The number of hydrogen-bond donors (Lipinski definition) is 1. The van der Waals surface area contributed by atoms with Crippen LogP contribution in [0.1, 0.15) is 35.8 Å². The van der Waals surface area contributed by atoms with Crippen LogP contribution in [0.3, 0.4) is 0 Å². The summed E-state index contributed by atoms with van der Waals surface area (Å²) in [7, 11) is 0. The predicted molar refractivity (Wildman–Crippen MR) is 47.8 cm³/mol. The fourth-order valence-corrected chi connectivity index (χ4v) is 2.10. The quantitative estimate of drug-likeness (QED) is 0.715. The Hall–Kier alpha value is -1.08. The van der Waals surface area contributed by atoms with Gasteiger partial charge in [-0.3, -0.25) is 0 Å². The monoisotopic (exact) mass is 179 g/mol. The van der Waals surface area contributed by atoms with E-state index < -0.39 is 0 Å². The summed E-state index contributed by atoms with van der Waals surface area (Å²) in [6.45, 7) is 0. The lowest BCUT2D eigenvalue weighted by Gasteiger charge is -2.23. The number of nitrogens with zero attached hydrogens (tertiary/aromatic N) is 2. The Labute approximate surface area is 74.8 Å². The Bertz CT molecular complexity index is 333. The van der Waals surface area contributed by atoms with Crippen LogP contribution in [0.5, 0.6) is 0 Å².